The number of nitrogens with zero attached hydrogens (tertiary/aromatic N) is 1. The maximum absolute atomic E-state index is 13.1. The molecule has 0 aliphatic carbocycles. The summed E-state index contributed by atoms with van der Waals surface area (Å²) in [5.41, 5.74) is 0.755. The van der Waals surface area contributed by atoms with Crippen molar-refractivity contribution in [3.63, 3.8) is 0 Å². The van der Waals surface area contributed by atoms with Crippen LogP contribution >= 0.6 is 11.3 Å². The first-order valence-electron chi connectivity index (χ1n) is 7.50. The first kappa shape index (κ1) is 18.0. The second-order valence-corrected chi connectivity index (χ2v) is 7.84. The van der Waals surface area contributed by atoms with Crippen molar-refractivity contribution in [1.82, 2.24) is 4.98 Å². The molecule has 1 aromatic heterocycles. The van der Waals surface area contributed by atoms with Crippen molar-refractivity contribution in [2.24, 2.45) is 0 Å². The summed E-state index contributed by atoms with van der Waals surface area (Å²) in [4.78, 5) is 16.2. The molecule has 2 N–H and O–H groups in total. The molecule has 0 aliphatic rings. The fraction of sp³-hybridized carbons (Fsp3) is 0.0588. The molecule has 0 aliphatic heterocycles. The maximum Gasteiger partial charge on any atom is 0.263 e. The zero-order valence-corrected chi connectivity index (χ0v) is 15.0. The number of carbonyl (C=O) groups excluding carboxylic acids is 1. The molecular formula is C17H14FN3O3S2. The molecule has 1 amide bonds. The number of sulfonamides is 1. The van der Waals surface area contributed by atoms with Crippen molar-refractivity contribution >= 4 is 38.1 Å². The van der Waals surface area contributed by atoms with Gasteiger partial charge in [-0.1, -0.05) is 24.3 Å². The van der Waals surface area contributed by atoms with E-state index in [1.54, 1.807) is 29.6 Å². The molecule has 0 saturated heterocycles. The Morgan fingerprint density at radius 2 is 1.88 bits per heavy atom. The third-order valence-electron chi connectivity index (χ3n) is 3.28. The first-order valence-corrected chi connectivity index (χ1v) is 9.86. The summed E-state index contributed by atoms with van der Waals surface area (Å²) in [5, 5.41) is 4.32. The van der Waals surface area contributed by atoms with Crippen LogP contribution in [0.15, 0.2) is 64.9 Å². The topological polar surface area (TPSA) is 88.2 Å². The Kier molecular flexibility index (Phi) is 5.29. The summed E-state index contributed by atoms with van der Waals surface area (Å²) in [6, 6.07) is 13.5. The highest BCUT2D eigenvalue weighted by atomic mass is 32.2. The number of halogens is 1. The number of hydrogen-bond donors (Lipinski definition) is 2. The van der Waals surface area contributed by atoms with Gasteiger partial charge in [-0.3, -0.25) is 9.52 Å². The van der Waals surface area contributed by atoms with E-state index in [1.165, 1.54) is 30.3 Å². The summed E-state index contributed by atoms with van der Waals surface area (Å²) in [6.45, 7) is 0. The first-order chi connectivity index (χ1) is 12.4. The Balaban J connectivity index is 1.64. The van der Waals surface area contributed by atoms with Gasteiger partial charge in [0.1, 0.15) is 5.82 Å². The van der Waals surface area contributed by atoms with E-state index in [-0.39, 0.29) is 22.4 Å². The average molecular weight is 391 g/mol. The number of aromatic nitrogens is 1. The average Bonchev–Trinajstić information content (AvgIpc) is 3.01. The molecule has 9 heteroatoms. The fourth-order valence-electron chi connectivity index (χ4n) is 2.14. The number of anilines is 2. The summed E-state index contributed by atoms with van der Waals surface area (Å²) >= 11 is 1.08. The minimum atomic E-state index is -3.73. The van der Waals surface area contributed by atoms with Crippen LogP contribution in [0, 0.1) is 5.82 Å². The van der Waals surface area contributed by atoms with Gasteiger partial charge in [0.05, 0.1) is 17.0 Å². The van der Waals surface area contributed by atoms with E-state index in [1.807, 2.05) is 0 Å². The van der Waals surface area contributed by atoms with Gasteiger partial charge in [0, 0.05) is 11.1 Å². The van der Waals surface area contributed by atoms with Crippen molar-refractivity contribution in [3.05, 3.63) is 71.5 Å². The van der Waals surface area contributed by atoms with Crippen LogP contribution in [0.25, 0.3) is 0 Å². The molecule has 0 atom stereocenters. The van der Waals surface area contributed by atoms with Crippen molar-refractivity contribution in [1.29, 1.82) is 0 Å². The second-order valence-electron chi connectivity index (χ2n) is 5.30. The van der Waals surface area contributed by atoms with Gasteiger partial charge in [0.2, 0.25) is 5.91 Å². The smallest absolute Gasteiger partial charge is 0.263 e. The molecule has 2 aromatic carbocycles. The Morgan fingerprint density at radius 1 is 1.12 bits per heavy atom. The molecule has 0 unspecified atom stereocenters. The Morgan fingerprint density at radius 3 is 2.62 bits per heavy atom. The van der Waals surface area contributed by atoms with Crippen LogP contribution in [-0.2, 0) is 21.2 Å². The lowest BCUT2D eigenvalue weighted by molar-refractivity contribution is -0.115. The highest BCUT2D eigenvalue weighted by Crippen LogP contribution is 2.20. The largest absolute Gasteiger partial charge is 0.326 e. The van der Waals surface area contributed by atoms with Crippen molar-refractivity contribution in [3.8, 4) is 0 Å². The van der Waals surface area contributed by atoms with Crippen LogP contribution in [0.5, 0.6) is 0 Å². The van der Waals surface area contributed by atoms with E-state index in [0.717, 1.165) is 11.3 Å². The number of carbonyl (C=O) groups is 1. The summed E-state index contributed by atoms with van der Waals surface area (Å²) < 4.78 is 40.0. The van der Waals surface area contributed by atoms with Crippen molar-refractivity contribution in [2.75, 3.05) is 10.0 Å². The summed E-state index contributed by atoms with van der Waals surface area (Å²) in [7, 11) is -3.73. The molecule has 26 heavy (non-hydrogen) atoms. The minimum absolute atomic E-state index is 0.0555. The summed E-state index contributed by atoms with van der Waals surface area (Å²) in [6.07, 6.45) is -0.0555. The van der Waals surface area contributed by atoms with E-state index in [4.69, 9.17) is 0 Å². The van der Waals surface area contributed by atoms with Crippen LogP contribution < -0.4 is 10.0 Å². The number of rotatable bonds is 6. The number of benzene rings is 2. The number of hydrogen-bond acceptors (Lipinski definition) is 5. The van der Waals surface area contributed by atoms with E-state index in [0.29, 0.717) is 11.4 Å². The third-order valence-corrected chi connectivity index (χ3v) is 5.57. The molecule has 3 rings (SSSR count). The third kappa shape index (κ3) is 4.64. The van der Waals surface area contributed by atoms with Crippen LogP contribution in [0.2, 0.25) is 0 Å². The Labute approximate surface area is 153 Å². The monoisotopic (exact) mass is 391 g/mol. The van der Waals surface area contributed by atoms with Gasteiger partial charge in [-0.25, -0.2) is 17.8 Å². The van der Waals surface area contributed by atoms with E-state index in [2.05, 4.69) is 15.0 Å². The molecule has 1 heterocycles. The lowest BCUT2D eigenvalue weighted by atomic mass is 10.3. The van der Waals surface area contributed by atoms with E-state index >= 15 is 0 Å². The van der Waals surface area contributed by atoms with Crippen LogP contribution in [0.4, 0.5) is 15.2 Å². The van der Waals surface area contributed by atoms with Crippen molar-refractivity contribution in [2.45, 2.75) is 11.3 Å². The zero-order chi connectivity index (χ0) is 18.6. The number of nitrogens with one attached hydrogen (secondary N) is 2. The van der Waals surface area contributed by atoms with Gasteiger partial charge in [0.25, 0.3) is 10.0 Å². The second kappa shape index (κ2) is 7.63. The molecular weight excluding hydrogens is 377 g/mol. The van der Waals surface area contributed by atoms with Gasteiger partial charge >= 0.3 is 0 Å². The van der Waals surface area contributed by atoms with Gasteiger partial charge in [-0.2, -0.15) is 0 Å². The molecule has 0 saturated carbocycles. The molecule has 0 fully saturated rings. The van der Waals surface area contributed by atoms with Gasteiger partial charge in [0.15, 0.2) is 5.13 Å². The van der Waals surface area contributed by atoms with E-state index in [9.17, 15) is 17.6 Å². The lowest BCUT2D eigenvalue weighted by Crippen LogP contribution is -2.15. The predicted octanol–water partition coefficient (Wildman–Crippen LogP) is 3.26. The van der Waals surface area contributed by atoms with Gasteiger partial charge in [-0.05, 0) is 30.3 Å². The zero-order valence-electron chi connectivity index (χ0n) is 13.3. The lowest BCUT2D eigenvalue weighted by Gasteiger charge is -2.05. The molecule has 0 spiro atoms. The Hall–Kier alpha value is -2.78. The van der Waals surface area contributed by atoms with Crippen LogP contribution in [0.1, 0.15) is 5.69 Å². The SMILES string of the molecule is O=C(Cc1csc(NS(=O)(=O)c2ccccc2)n1)Nc1cccc(F)c1. The summed E-state index contributed by atoms with van der Waals surface area (Å²) in [5.74, 6) is -0.826. The number of amides is 1. The van der Waals surface area contributed by atoms with Gasteiger partial charge < -0.3 is 5.32 Å². The highest BCUT2D eigenvalue weighted by Gasteiger charge is 2.16. The van der Waals surface area contributed by atoms with Crippen molar-refractivity contribution < 1.29 is 17.6 Å². The van der Waals surface area contributed by atoms with Crippen LogP contribution in [-0.4, -0.2) is 19.3 Å². The predicted molar refractivity (Wildman–Crippen MR) is 98.1 cm³/mol. The van der Waals surface area contributed by atoms with Gasteiger partial charge in [-0.15, -0.1) is 11.3 Å². The molecule has 0 bridgehead atoms. The highest BCUT2D eigenvalue weighted by molar-refractivity contribution is 7.93. The minimum Gasteiger partial charge on any atom is -0.326 e. The van der Waals surface area contributed by atoms with E-state index < -0.39 is 15.8 Å². The normalized spacial score (nSPS) is 11.1. The Bertz CT molecular complexity index is 1020. The molecule has 134 valence electrons. The fourth-order valence-corrected chi connectivity index (χ4v) is 4.13. The standard InChI is InChI=1S/C17H14FN3O3S2/c18-12-5-4-6-13(9-12)19-16(22)10-14-11-25-17(20-14)21-26(23,24)15-7-2-1-3-8-15/h1-9,11H,10H2,(H,19,22)(H,20,21). The molecule has 6 nitrogen and oxygen atoms in total. The quantitative estimate of drug-likeness (QED) is 0.675. The van der Waals surface area contributed by atoms with Crippen LogP contribution in [0.3, 0.4) is 0 Å². The number of thiazole rings is 1. The molecule has 0 radical (unpaired) electrons. The maximum atomic E-state index is 13.1. The molecule has 3 aromatic rings.